The molecule has 154 valence electrons. The normalized spacial score (nSPS) is 10.5. The van der Waals surface area contributed by atoms with Crippen LogP contribution < -0.4 is 9.47 Å². The van der Waals surface area contributed by atoms with Crippen LogP contribution in [-0.4, -0.2) is 17.0 Å². The molecule has 3 aromatic rings. The molecule has 3 aromatic carbocycles. The van der Waals surface area contributed by atoms with Gasteiger partial charge in [-0.3, -0.25) is 10.1 Å². The second kappa shape index (κ2) is 9.28. The summed E-state index contributed by atoms with van der Waals surface area (Å²) in [6, 6.07) is 17.0. The van der Waals surface area contributed by atoms with Crippen LogP contribution in [0, 0.1) is 10.1 Å². The Hall–Kier alpha value is -3.58. The lowest BCUT2D eigenvalue weighted by atomic mass is 10.2. The van der Waals surface area contributed by atoms with Gasteiger partial charge in [-0.15, -0.1) is 0 Å². The molecule has 0 bridgehead atoms. The van der Waals surface area contributed by atoms with Gasteiger partial charge in [0, 0.05) is 11.1 Å². The van der Waals surface area contributed by atoms with E-state index in [0.29, 0.717) is 22.1 Å². The maximum atomic E-state index is 11.9. The molecule has 0 saturated carbocycles. The first-order chi connectivity index (χ1) is 14.3. The molecule has 0 aliphatic rings. The lowest BCUT2D eigenvalue weighted by Gasteiger charge is -2.11. The van der Waals surface area contributed by atoms with E-state index in [1.165, 1.54) is 18.2 Å². The second-order valence-corrected chi connectivity index (χ2v) is 7.00. The van der Waals surface area contributed by atoms with Crippen molar-refractivity contribution in [1.29, 1.82) is 0 Å². The average Bonchev–Trinajstić information content (AvgIpc) is 2.68. The van der Waals surface area contributed by atoms with Crippen molar-refractivity contribution in [2.75, 3.05) is 0 Å². The highest BCUT2D eigenvalue weighted by Crippen LogP contribution is 2.34. The number of hydrogen-bond acceptors (Lipinski definition) is 6. The fourth-order valence-corrected chi connectivity index (χ4v) is 2.70. The standard InChI is InChI=1S/C22H18ClNO6/c1-14(2)28-22(25)15-6-8-18(9-7-15)29-20-11-17(24(26)27)12-21(13-20)30-19-5-3-4-16(23)10-19/h3-14H,1-2H3. The second-order valence-electron chi connectivity index (χ2n) is 6.56. The highest BCUT2D eigenvalue weighted by molar-refractivity contribution is 6.30. The maximum Gasteiger partial charge on any atom is 0.338 e. The molecular weight excluding hydrogens is 410 g/mol. The number of esters is 1. The van der Waals surface area contributed by atoms with Gasteiger partial charge in [-0.25, -0.2) is 4.79 Å². The van der Waals surface area contributed by atoms with Crippen LogP contribution in [0.4, 0.5) is 5.69 Å². The Kier molecular flexibility index (Phi) is 6.54. The Morgan fingerprint density at radius 3 is 2.10 bits per heavy atom. The highest BCUT2D eigenvalue weighted by atomic mass is 35.5. The maximum absolute atomic E-state index is 11.9. The van der Waals surface area contributed by atoms with E-state index in [9.17, 15) is 14.9 Å². The largest absolute Gasteiger partial charge is 0.459 e. The average molecular weight is 428 g/mol. The van der Waals surface area contributed by atoms with Gasteiger partial charge in [0.05, 0.1) is 28.7 Å². The number of ether oxygens (including phenoxy) is 3. The zero-order chi connectivity index (χ0) is 21.7. The molecule has 30 heavy (non-hydrogen) atoms. The number of hydrogen-bond donors (Lipinski definition) is 0. The SMILES string of the molecule is CC(C)OC(=O)c1ccc(Oc2cc(Oc3cccc(Cl)c3)cc([N+](=O)[O-])c2)cc1. The van der Waals surface area contributed by atoms with Crippen LogP contribution >= 0.6 is 11.6 Å². The van der Waals surface area contributed by atoms with Crippen molar-refractivity contribution in [2.24, 2.45) is 0 Å². The van der Waals surface area contributed by atoms with Gasteiger partial charge in [0.1, 0.15) is 23.0 Å². The minimum absolute atomic E-state index is 0.193. The molecule has 0 amide bonds. The van der Waals surface area contributed by atoms with Gasteiger partial charge in [-0.1, -0.05) is 17.7 Å². The van der Waals surface area contributed by atoms with Gasteiger partial charge in [0.2, 0.25) is 0 Å². The number of nitrogens with zero attached hydrogens (tertiary/aromatic N) is 1. The van der Waals surface area contributed by atoms with E-state index in [4.69, 9.17) is 25.8 Å². The van der Waals surface area contributed by atoms with Crippen LogP contribution in [0.25, 0.3) is 0 Å². The molecule has 0 aliphatic carbocycles. The van der Waals surface area contributed by atoms with E-state index < -0.39 is 10.9 Å². The number of nitro groups is 1. The number of carbonyl (C=O) groups is 1. The minimum atomic E-state index is -0.539. The van der Waals surface area contributed by atoms with Crippen LogP contribution in [0.15, 0.2) is 66.7 Å². The molecule has 0 spiro atoms. The molecule has 0 aliphatic heterocycles. The van der Waals surface area contributed by atoms with Gasteiger partial charge in [0.15, 0.2) is 0 Å². The van der Waals surface area contributed by atoms with E-state index >= 15 is 0 Å². The van der Waals surface area contributed by atoms with E-state index in [-0.39, 0.29) is 23.3 Å². The van der Waals surface area contributed by atoms with Crippen molar-refractivity contribution >= 4 is 23.3 Å². The van der Waals surface area contributed by atoms with Crippen LogP contribution in [0.5, 0.6) is 23.0 Å². The van der Waals surface area contributed by atoms with E-state index in [1.807, 2.05) is 0 Å². The van der Waals surface area contributed by atoms with E-state index in [0.717, 1.165) is 0 Å². The Balaban J connectivity index is 1.82. The smallest absolute Gasteiger partial charge is 0.338 e. The van der Waals surface area contributed by atoms with Crippen molar-refractivity contribution in [1.82, 2.24) is 0 Å². The predicted octanol–water partition coefficient (Wildman–Crippen LogP) is 6.40. The van der Waals surface area contributed by atoms with E-state index in [2.05, 4.69) is 0 Å². The summed E-state index contributed by atoms with van der Waals surface area (Å²) in [5, 5.41) is 11.8. The fourth-order valence-electron chi connectivity index (χ4n) is 2.52. The first kappa shape index (κ1) is 21.1. The number of nitro benzene ring substituents is 1. The van der Waals surface area contributed by atoms with Gasteiger partial charge < -0.3 is 14.2 Å². The summed E-state index contributed by atoms with van der Waals surface area (Å²) in [6.45, 7) is 3.53. The number of benzene rings is 3. The molecule has 8 heteroatoms. The van der Waals surface area contributed by atoms with Crippen molar-refractivity contribution in [2.45, 2.75) is 20.0 Å². The highest BCUT2D eigenvalue weighted by Gasteiger charge is 2.14. The Morgan fingerprint density at radius 2 is 1.53 bits per heavy atom. The van der Waals surface area contributed by atoms with Gasteiger partial charge in [-0.05, 0) is 56.3 Å². The van der Waals surface area contributed by atoms with Crippen molar-refractivity contribution in [3.8, 4) is 23.0 Å². The van der Waals surface area contributed by atoms with Gasteiger partial charge in [-0.2, -0.15) is 0 Å². The summed E-state index contributed by atoms with van der Waals surface area (Å²) >= 11 is 5.95. The van der Waals surface area contributed by atoms with Crippen LogP contribution in [0.3, 0.4) is 0 Å². The molecule has 0 radical (unpaired) electrons. The number of rotatable bonds is 7. The number of carbonyl (C=O) groups excluding carboxylic acids is 1. The Labute approximate surface area is 177 Å². The van der Waals surface area contributed by atoms with Crippen molar-refractivity contribution < 1.29 is 23.9 Å². The van der Waals surface area contributed by atoms with Crippen LogP contribution in [0.2, 0.25) is 5.02 Å². The summed E-state index contributed by atoms with van der Waals surface area (Å²) in [4.78, 5) is 22.7. The third-order valence-corrected chi connectivity index (χ3v) is 4.01. The lowest BCUT2D eigenvalue weighted by Crippen LogP contribution is -2.11. The zero-order valence-corrected chi connectivity index (χ0v) is 17.0. The molecular formula is C22H18ClNO6. The quantitative estimate of drug-likeness (QED) is 0.246. The summed E-state index contributed by atoms with van der Waals surface area (Å²) in [5.74, 6) is 0.814. The summed E-state index contributed by atoms with van der Waals surface area (Å²) in [6.07, 6.45) is -0.226. The monoisotopic (exact) mass is 427 g/mol. The third-order valence-electron chi connectivity index (χ3n) is 3.78. The molecule has 0 saturated heterocycles. The van der Waals surface area contributed by atoms with E-state index in [1.54, 1.807) is 62.4 Å². The molecule has 3 rings (SSSR count). The molecule has 0 unspecified atom stereocenters. The first-order valence-electron chi connectivity index (χ1n) is 9.02. The molecule has 0 heterocycles. The van der Waals surface area contributed by atoms with Crippen LogP contribution in [-0.2, 0) is 4.74 Å². The van der Waals surface area contributed by atoms with Gasteiger partial charge >= 0.3 is 5.97 Å². The zero-order valence-electron chi connectivity index (χ0n) is 16.2. The number of non-ortho nitro benzene ring substituents is 1. The third kappa shape index (κ3) is 5.71. The first-order valence-corrected chi connectivity index (χ1v) is 9.40. The molecule has 0 aromatic heterocycles. The van der Waals surface area contributed by atoms with Crippen molar-refractivity contribution in [3.05, 3.63) is 87.4 Å². The lowest BCUT2D eigenvalue weighted by molar-refractivity contribution is -0.385. The predicted molar refractivity (Wildman–Crippen MR) is 112 cm³/mol. The van der Waals surface area contributed by atoms with Crippen molar-refractivity contribution in [3.63, 3.8) is 0 Å². The fraction of sp³-hybridized carbons (Fsp3) is 0.136. The molecule has 0 atom stereocenters. The molecule has 0 N–H and O–H groups in total. The minimum Gasteiger partial charge on any atom is -0.459 e. The van der Waals surface area contributed by atoms with Gasteiger partial charge in [0.25, 0.3) is 5.69 Å². The summed E-state index contributed by atoms with van der Waals surface area (Å²) in [5.41, 5.74) is 0.182. The topological polar surface area (TPSA) is 87.9 Å². The Morgan fingerprint density at radius 1 is 0.900 bits per heavy atom. The van der Waals surface area contributed by atoms with Crippen LogP contribution in [0.1, 0.15) is 24.2 Å². The summed E-state index contributed by atoms with van der Waals surface area (Å²) in [7, 11) is 0. The number of halogens is 1. The summed E-state index contributed by atoms with van der Waals surface area (Å²) < 4.78 is 16.5. The molecule has 7 nitrogen and oxygen atoms in total. The Bertz CT molecular complexity index is 1070. The molecule has 0 fully saturated rings.